The molecule has 1 atom stereocenters. The molecule has 1 heterocycles. The van der Waals surface area contributed by atoms with E-state index in [1.54, 1.807) is 0 Å². The van der Waals surface area contributed by atoms with E-state index >= 15 is 0 Å². The highest BCUT2D eigenvalue weighted by molar-refractivity contribution is 5.89. The number of likely N-dealkylation sites (tertiary alicyclic amines) is 1. The fourth-order valence-corrected chi connectivity index (χ4v) is 3.43. The van der Waals surface area contributed by atoms with Gasteiger partial charge in [0, 0.05) is 31.0 Å². The molecular weight excluding hydrogens is 300 g/mol. The average molecular weight is 330 g/mol. The Hall–Kier alpha value is -1.84. The zero-order valence-electron chi connectivity index (χ0n) is 15.3. The molecule has 1 N–H and O–H groups in total. The first-order valence-electron chi connectivity index (χ1n) is 9.01. The third-order valence-corrected chi connectivity index (χ3v) is 5.17. The number of hydrogen-bond acceptors (Lipinski definition) is 2. The second-order valence-electron chi connectivity index (χ2n) is 7.39. The molecule has 4 heteroatoms. The number of benzene rings is 1. The lowest BCUT2D eigenvalue weighted by atomic mass is 9.84. The molecule has 0 aliphatic carbocycles. The Morgan fingerprint density at radius 3 is 2.46 bits per heavy atom. The summed E-state index contributed by atoms with van der Waals surface area (Å²) >= 11 is 0. The van der Waals surface area contributed by atoms with Crippen molar-refractivity contribution in [3.63, 3.8) is 0 Å². The fourth-order valence-electron chi connectivity index (χ4n) is 3.43. The van der Waals surface area contributed by atoms with Gasteiger partial charge in [0.1, 0.15) is 0 Å². The van der Waals surface area contributed by atoms with E-state index in [1.807, 2.05) is 23.1 Å². The number of carbonyl (C=O) groups excluding carboxylic acids is 2. The van der Waals surface area contributed by atoms with Crippen LogP contribution in [0.1, 0.15) is 52.5 Å². The second kappa shape index (κ2) is 7.82. The molecule has 1 saturated heterocycles. The summed E-state index contributed by atoms with van der Waals surface area (Å²) in [6.45, 7) is 9.57. The standard InChI is InChI=1S/C20H30N2O2/c1-5-17(6-2)22-13-15(12-18(22)23)19(24)21-14-20(3,4)16-10-8-7-9-11-16/h7-11,15,17H,5-6,12-14H2,1-4H3,(H,21,24). The molecule has 1 aliphatic heterocycles. The monoisotopic (exact) mass is 330 g/mol. The molecule has 0 spiro atoms. The smallest absolute Gasteiger partial charge is 0.225 e. The van der Waals surface area contributed by atoms with Gasteiger partial charge in [0.2, 0.25) is 11.8 Å². The molecule has 24 heavy (non-hydrogen) atoms. The van der Waals surface area contributed by atoms with Crippen LogP contribution in [0.2, 0.25) is 0 Å². The minimum absolute atomic E-state index is 0.000752. The highest BCUT2D eigenvalue weighted by atomic mass is 16.2. The lowest BCUT2D eigenvalue weighted by molar-refractivity contribution is -0.130. The van der Waals surface area contributed by atoms with E-state index < -0.39 is 0 Å². The molecule has 2 amide bonds. The second-order valence-corrected chi connectivity index (χ2v) is 7.39. The van der Waals surface area contributed by atoms with Gasteiger partial charge in [0.05, 0.1) is 5.92 Å². The summed E-state index contributed by atoms with van der Waals surface area (Å²) in [4.78, 5) is 26.6. The molecule has 4 nitrogen and oxygen atoms in total. The highest BCUT2D eigenvalue weighted by Crippen LogP contribution is 2.25. The van der Waals surface area contributed by atoms with Crippen molar-refractivity contribution in [3.05, 3.63) is 35.9 Å². The number of rotatable bonds is 7. The lowest BCUT2D eigenvalue weighted by Gasteiger charge is -2.27. The molecule has 1 unspecified atom stereocenters. The van der Waals surface area contributed by atoms with Crippen LogP contribution >= 0.6 is 0 Å². The Balaban J connectivity index is 1.93. The van der Waals surface area contributed by atoms with E-state index in [9.17, 15) is 9.59 Å². The topological polar surface area (TPSA) is 49.4 Å². The number of nitrogens with one attached hydrogen (secondary N) is 1. The number of amides is 2. The van der Waals surface area contributed by atoms with Gasteiger partial charge in [-0.2, -0.15) is 0 Å². The summed E-state index contributed by atoms with van der Waals surface area (Å²) in [5, 5.41) is 3.06. The zero-order valence-corrected chi connectivity index (χ0v) is 15.3. The van der Waals surface area contributed by atoms with Crippen molar-refractivity contribution < 1.29 is 9.59 Å². The largest absolute Gasteiger partial charge is 0.355 e. The first kappa shape index (κ1) is 18.5. The van der Waals surface area contributed by atoms with E-state index in [0.29, 0.717) is 19.5 Å². The average Bonchev–Trinajstić information content (AvgIpc) is 2.97. The molecule has 2 rings (SSSR count). The highest BCUT2D eigenvalue weighted by Gasteiger charge is 2.37. The van der Waals surface area contributed by atoms with E-state index in [2.05, 4.69) is 45.1 Å². The van der Waals surface area contributed by atoms with Crippen LogP contribution in [0.25, 0.3) is 0 Å². The summed E-state index contributed by atoms with van der Waals surface area (Å²) < 4.78 is 0. The number of carbonyl (C=O) groups is 2. The van der Waals surface area contributed by atoms with Gasteiger partial charge >= 0.3 is 0 Å². The van der Waals surface area contributed by atoms with Gasteiger partial charge < -0.3 is 10.2 Å². The summed E-state index contributed by atoms with van der Waals surface area (Å²) in [7, 11) is 0. The SMILES string of the molecule is CCC(CC)N1CC(C(=O)NCC(C)(C)c2ccccc2)CC1=O. The van der Waals surface area contributed by atoms with Crippen LogP contribution in [-0.2, 0) is 15.0 Å². The normalized spacial score (nSPS) is 18.3. The molecule has 1 aromatic rings. The maximum atomic E-state index is 12.5. The summed E-state index contributed by atoms with van der Waals surface area (Å²) in [5.41, 5.74) is 1.07. The van der Waals surface area contributed by atoms with Gasteiger partial charge in [-0.25, -0.2) is 0 Å². The predicted octanol–water partition coefficient (Wildman–Crippen LogP) is 3.12. The molecular formula is C20H30N2O2. The molecule has 0 aromatic heterocycles. The Labute approximate surface area is 145 Å². The van der Waals surface area contributed by atoms with Crippen molar-refractivity contribution in [2.24, 2.45) is 5.92 Å². The summed E-state index contributed by atoms with van der Waals surface area (Å²) in [5.74, 6) is -0.100. The minimum Gasteiger partial charge on any atom is -0.355 e. The Morgan fingerprint density at radius 2 is 1.88 bits per heavy atom. The third kappa shape index (κ3) is 4.16. The molecule has 0 bridgehead atoms. The summed E-state index contributed by atoms with van der Waals surface area (Å²) in [6, 6.07) is 10.5. The quantitative estimate of drug-likeness (QED) is 0.835. The van der Waals surface area contributed by atoms with E-state index in [1.165, 1.54) is 5.56 Å². The van der Waals surface area contributed by atoms with Crippen LogP contribution in [0, 0.1) is 5.92 Å². The minimum atomic E-state index is -0.218. The van der Waals surface area contributed by atoms with Crippen molar-refractivity contribution in [3.8, 4) is 0 Å². The maximum absolute atomic E-state index is 12.5. The first-order chi connectivity index (χ1) is 11.4. The van der Waals surface area contributed by atoms with Crippen molar-refractivity contribution >= 4 is 11.8 Å². The van der Waals surface area contributed by atoms with Crippen LogP contribution < -0.4 is 5.32 Å². The third-order valence-electron chi connectivity index (χ3n) is 5.17. The molecule has 0 saturated carbocycles. The van der Waals surface area contributed by atoms with Crippen molar-refractivity contribution in [1.29, 1.82) is 0 Å². The Kier molecular flexibility index (Phi) is 6.03. The van der Waals surface area contributed by atoms with Crippen LogP contribution in [0.4, 0.5) is 0 Å². The van der Waals surface area contributed by atoms with Gasteiger partial charge in [0.25, 0.3) is 0 Å². The Morgan fingerprint density at radius 1 is 1.25 bits per heavy atom. The molecule has 1 fully saturated rings. The van der Waals surface area contributed by atoms with Gasteiger partial charge in [-0.15, -0.1) is 0 Å². The molecule has 1 aromatic carbocycles. The molecule has 132 valence electrons. The molecule has 0 radical (unpaired) electrons. The van der Waals surface area contributed by atoms with Gasteiger partial charge in [-0.3, -0.25) is 9.59 Å². The number of hydrogen-bond donors (Lipinski definition) is 1. The first-order valence-corrected chi connectivity index (χ1v) is 9.01. The van der Waals surface area contributed by atoms with Crippen LogP contribution in [0.3, 0.4) is 0 Å². The van der Waals surface area contributed by atoms with Crippen molar-refractivity contribution in [2.45, 2.75) is 58.4 Å². The van der Waals surface area contributed by atoms with Crippen molar-refractivity contribution in [1.82, 2.24) is 10.2 Å². The van der Waals surface area contributed by atoms with Crippen LogP contribution in [0.15, 0.2) is 30.3 Å². The van der Waals surface area contributed by atoms with Crippen LogP contribution in [0.5, 0.6) is 0 Å². The molecule has 1 aliphatic rings. The lowest BCUT2D eigenvalue weighted by Crippen LogP contribution is -2.41. The van der Waals surface area contributed by atoms with Gasteiger partial charge in [-0.1, -0.05) is 58.0 Å². The van der Waals surface area contributed by atoms with E-state index in [-0.39, 0.29) is 29.2 Å². The van der Waals surface area contributed by atoms with E-state index in [4.69, 9.17) is 0 Å². The summed E-state index contributed by atoms with van der Waals surface area (Å²) in [6.07, 6.45) is 2.23. The van der Waals surface area contributed by atoms with Gasteiger partial charge in [-0.05, 0) is 18.4 Å². The fraction of sp³-hybridized carbons (Fsp3) is 0.600. The van der Waals surface area contributed by atoms with Crippen LogP contribution in [-0.4, -0.2) is 35.8 Å². The predicted molar refractivity (Wildman–Crippen MR) is 96.7 cm³/mol. The van der Waals surface area contributed by atoms with Gasteiger partial charge in [0.15, 0.2) is 0 Å². The van der Waals surface area contributed by atoms with E-state index in [0.717, 1.165) is 12.8 Å². The number of nitrogens with zero attached hydrogens (tertiary/aromatic N) is 1. The van der Waals surface area contributed by atoms with Crippen molar-refractivity contribution in [2.75, 3.05) is 13.1 Å². The maximum Gasteiger partial charge on any atom is 0.225 e. The Bertz CT molecular complexity index is 564. The zero-order chi connectivity index (χ0) is 17.7.